The molecule has 0 radical (unpaired) electrons. The summed E-state index contributed by atoms with van der Waals surface area (Å²) in [5.41, 5.74) is 0.343. The summed E-state index contributed by atoms with van der Waals surface area (Å²) in [5.74, 6) is 2.70. The third-order valence-corrected chi connectivity index (χ3v) is 5.12. The van der Waals surface area contributed by atoms with Gasteiger partial charge >= 0.3 is 0 Å². The Labute approximate surface area is 120 Å². The molecule has 0 aliphatic carbocycles. The lowest BCUT2D eigenvalue weighted by molar-refractivity contribution is 0.0132. The molecule has 1 aliphatic heterocycles. The van der Waals surface area contributed by atoms with Crippen LogP contribution in [-0.4, -0.2) is 23.2 Å². The topological polar surface area (TPSA) is 29.5 Å². The summed E-state index contributed by atoms with van der Waals surface area (Å²) in [4.78, 5) is 0. The second-order valence-electron chi connectivity index (χ2n) is 6.21. The van der Waals surface area contributed by atoms with Crippen LogP contribution in [0.4, 0.5) is 0 Å². The molecule has 1 aromatic rings. The van der Waals surface area contributed by atoms with Crippen molar-refractivity contribution in [2.24, 2.45) is 5.41 Å². The van der Waals surface area contributed by atoms with Gasteiger partial charge in [-0.05, 0) is 30.1 Å². The molecule has 0 saturated carbocycles. The van der Waals surface area contributed by atoms with Crippen molar-refractivity contribution in [1.29, 1.82) is 0 Å². The Morgan fingerprint density at radius 2 is 2.00 bits per heavy atom. The third kappa shape index (κ3) is 3.46. The minimum absolute atomic E-state index is 0.162. The molecule has 1 atom stereocenters. The molecule has 0 amide bonds. The largest absolute Gasteiger partial charge is 0.493 e. The van der Waals surface area contributed by atoms with Gasteiger partial charge in [-0.25, -0.2) is 0 Å². The lowest BCUT2D eigenvalue weighted by Crippen LogP contribution is -2.40. The number of ether oxygens (including phenoxy) is 1. The van der Waals surface area contributed by atoms with E-state index < -0.39 is 5.60 Å². The maximum absolute atomic E-state index is 11.1. The molecular formula is C16H24O2S. The van der Waals surface area contributed by atoms with E-state index in [1.807, 2.05) is 36.0 Å². The van der Waals surface area contributed by atoms with Gasteiger partial charge in [-0.3, -0.25) is 0 Å². The number of thioether (sulfide) groups is 1. The number of aliphatic hydroxyl groups is 1. The van der Waals surface area contributed by atoms with Crippen molar-refractivity contribution < 1.29 is 9.84 Å². The minimum Gasteiger partial charge on any atom is -0.493 e. The lowest BCUT2D eigenvalue weighted by Gasteiger charge is -2.41. The summed E-state index contributed by atoms with van der Waals surface area (Å²) < 4.78 is 5.80. The van der Waals surface area contributed by atoms with Gasteiger partial charge in [-0.2, -0.15) is 11.8 Å². The molecule has 0 bridgehead atoms. The fourth-order valence-electron chi connectivity index (χ4n) is 2.75. The van der Waals surface area contributed by atoms with Crippen molar-refractivity contribution in [3.05, 3.63) is 29.8 Å². The van der Waals surface area contributed by atoms with Crippen LogP contribution in [0.15, 0.2) is 24.3 Å². The zero-order valence-corrected chi connectivity index (χ0v) is 12.9. The summed E-state index contributed by atoms with van der Waals surface area (Å²) in [5, 5.41) is 11.1. The second-order valence-corrected chi connectivity index (χ2v) is 7.20. The van der Waals surface area contributed by atoms with Crippen molar-refractivity contribution in [2.75, 3.05) is 18.1 Å². The molecule has 1 saturated heterocycles. The smallest absolute Gasteiger partial charge is 0.125 e. The number of para-hydroxylation sites is 1. The Balaban J connectivity index is 2.29. The van der Waals surface area contributed by atoms with E-state index in [9.17, 15) is 5.11 Å². The molecule has 1 heterocycles. The standard InChI is InChI=1S/C16H24O2S/c1-4-9-18-14-8-6-5-7-13(14)16(17)10-15(2,3)11-19-12-16/h5-8,17H,4,9-12H2,1-3H3. The van der Waals surface area contributed by atoms with E-state index in [4.69, 9.17) is 4.74 Å². The average molecular weight is 280 g/mol. The number of rotatable bonds is 4. The predicted molar refractivity (Wildman–Crippen MR) is 81.8 cm³/mol. The molecule has 1 aromatic carbocycles. The van der Waals surface area contributed by atoms with Gasteiger partial charge in [0.05, 0.1) is 6.61 Å². The van der Waals surface area contributed by atoms with E-state index >= 15 is 0 Å². The van der Waals surface area contributed by atoms with E-state index in [-0.39, 0.29) is 5.41 Å². The van der Waals surface area contributed by atoms with Crippen LogP contribution in [0, 0.1) is 5.41 Å². The summed E-state index contributed by atoms with van der Waals surface area (Å²) >= 11 is 1.83. The molecule has 1 fully saturated rings. The van der Waals surface area contributed by atoms with Crippen molar-refractivity contribution in [1.82, 2.24) is 0 Å². The zero-order chi connectivity index (χ0) is 13.9. The Hall–Kier alpha value is -0.670. The third-order valence-electron chi connectivity index (χ3n) is 3.45. The Kier molecular flexibility index (Phi) is 4.46. The summed E-state index contributed by atoms with van der Waals surface area (Å²) in [6, 6.07) is 7.93. The van der Waals surface area contributed by atoms with Crippen LogP contribution in [0.1, 0.15) is 39.2 Å². The van der Waals surface area contributed by atoms with Gasteiger partial charge in [-0.1, -0.05) is 39.0 Å². The lowest BCUT2D eigenvalue weighted by atomic mass is 9.78. The Morgan fingerprint density at radius 3 is 2.68 bits per heavy atom. The van der Waals surface area contributed by atoms with Crippen LogP contribution < -0.4 is 4.74 Å². The van der Waals surface area contributed by atoms with Crippen LogP contribution in [-0.2, 0) is 5.60 Å². The van der Waals surface area contributed by atoms with Crippen LogP contribution in [0.2, 0.25) is 0 Å². The molecular weight excluding hydrogens is 256 g/mol. The van der Waals surface area contributed by atoms with Crippen LogP contribution >= 0.6 is 11.8 Å². The van der Waals surface area contributed by atoms with E-state index in [2.05, 4.69) is 20.8 Å². The number of hydrogen-bond acceptors (Lipinski definition) is 3. The molecule has 0 aromatic heterocycles. The molecule has 19 heavy (non-hydrogen) atoms. The second kappa shape index (κ2) is 5.76. The van der Waals surface area contributed by atoms with Crippen molar-refractivity contribution in [3.8, 4) is 5.75 Å². The first kappa shape index (κ1) is 14.7. The van der Waals surface area contributed by atoms with Crippen LogP contribution in [0.5, 0.6) is 5.75 Å². The van der Waals surface area contributed by atoms with E-state index in [1.54, 1.807) is 0 Å². The van der Waals surface area contributed by atoms with Gasteiger partial charge in [0.2, 0.25) is 0 Å². The maximum atomic E-state index is 11.1. The molecule has 3 heteroatoms. The molecule has 106 valence electrons. The Bertz CT molecular complexity index is 431. The number of benzene rings is 1. The van der Waals surface area contributed by atoms with E-state index in [0.717, 1.165) is 35.7 Å². The average Bonchev–Trinajstić information content (AvgIpc) is 2.35. The first-order chi connectivity index (χ1) is 8.97. The highest BCUT2D eigenvalue weighted by Gasteiger charge is 2.41. The molecule has 0 spiro atoms. The van der Waals surface area contributed by atoms with Crippen molar-refractivity contribution in [2.45, 2.75) is 39.2 Å². The molecule has 2 rings (SSSR count). The van der Waals surface area contributed by atoms with Gasteiger partial charge in [0.15, 0.2) is 0 Å². The zero-order valence-electron chi connectivity index (χ0n) is 12.1. The highest BCUT2D eigenvalue weighted by molar-refractivity contribution is 7.99. The predicted octanol–water partition coefficient (Wildman–Crippen LogP) is 3.83. The van der Waals surface area contributed by atoms with Crippen LogP contribution in [0.25, 0.3) is 0 Å². The Morgan fingerprint density at radius 1 is 1.26 bits per heavy atom. The molecule has 2 nitrogen and oxygen atoms in total. The molecule has 1 aliphatic rings. The number of hydrogen-bond donors (Lipinski definition) is 1. The van der Waals surface area contributed by atoms with Crippen LogP contribution in [0.3, 0.4) is 0 Å². The van der Waals surface area contributed by atoms with Gasteiger partial charge in [0, 0.05) is 11.3 Å². The highest BCUT2D eigenvalue weighted by atomic mass is 32.2. The molecule has 1 N–H and O–H groups in total. The van der Waals surface area contributed by atoms with Gasteiger partial charge < -0.3 is 9.84 Å². The fourth-order valence-corrected chi connectivity index (χ4v) is 4.10. The summed E-state index contributed by atoms with van der Waals surface area (Å²) in [7, 11) is 0. The first-order valence-corrected chi connectivity index (χ1v) is 8.15. The normalized spacial score (nSPS) is 26.1. The fraction of sp³-hybridized carbons (Fsp3) is 0.625. The van der Waals surface area contributed by atoms with Gasteiger partial charge in [0.25, 0.3) is 0 Å². The van der Waals surface area contributed by atoms with Crippen molar-refractivity contribution >= 4 is 11.8 Å². The van der Waals surface area contributed by atoms with E-state index in [1.165, 1.54) is 0 Å². The van der Waals surface area contributed by atoms with Gasteiger partial charge in [0.1, 0.15) is 11.4 Å². The maximum Gasteiger partial charge on any atom is 0.125 e. The summed E-state index contributed by atoms with van der Waals surface area (Å²) in [6.07, 6.45) is 1.77. The SMILES string of the molecule is CCCOc1ccccc1C1(O)CSCC(C)(C)C1. The highest BCUT2D eigenvalue weighted by Crippen LogP contribution is 2.46. The quantitative estimate of drug-likeness (QED) is 0.909. The van der Waals surface area contributed by atoms with Gasteiger partial charge in [-0.15, -0.1) is 0 Å². The minimum atomic E-state index is -0.767. The molecule has 1 unspecified atom stereocenters. The summed E-state index contributed by atoms with van der Waals surface area (Å²) in [6.45, 7) is 7.24. The van der Waals surface area contributed by atoms with E-state index in [0.29, 0.717) is 6.61 Å². The monoisotopic (exact) mass is 280 g/mol. The first-order valence-electron chi connectivity index (χ1n) is 6.99. The van der Waals surface area contributed by atoms with Crippen molar-refractivity contribution in [3.63, 3.8) is 0 Å².